The lowest BCUT2D eigenvalue weighted by atomic mass is 9.91. The number of rotatable bonds is 3. The first-order chi connectivity index (χ1) is 12.1. The van der Waals surface area contributed by atoms with Crippen molar-refractivity contribution in [1.82, 2.24) is 10.3 Å². The Morgan fingerprint density at radius 3 is 2.96 bits per heavy atom. The van der Waals surface area contributed by atoms with Gasteiger partial charge in [-0.3, -0.25) is 4.79 Å². The average Bonchev–Trinajstić information content (AvgIpc) is 2.93. The molecule has 3 nitrogen and oxygen atoms in total. The van der Waals surface area contributed by atoms with Crippen LogP contribution in [0, 0.1) is 12.7 Å². The molecular weight excluding hydrogens is 315 g/mol. The van der Waals surface area contributed by atoms with E-state index < -0.39 is 0 Å². The molecule has 0 bridgehead atoms. The number of halogens is 1. The number of aromatic nitrogens is 1. The summed E-state index contributed by atoms with van der Waals surface area (Å²) in [5, 5.41) is 4.24. The van der Waals surface area contributed by atoms with Gasteiger partial charge in [-0.1, -0.05) is 24.3 Å². The van der Waals surface area contributed by atoms with Gasteiger partial charge in [-0.2, -0.15) is 0 Å². The first kappa shape index (κ1) is 15.9. The van der Waals surface area contributed by atoms with Gasteiger partial charge in [0.15, 0.2) is 0 Å². The van der Waals surface area contributed by atoms with Crippen LogP contribution in [0.15, 0.2) is 42.5 Å². The normalized spacial score (nSPS) is 16.6. The molecule has 0 aliphatic heterocycles. The van der Waals surface area contributed by atoms with Crippen molar-refractivity contribution in [2.75, 3.05) is 0 Å². The number of hydrogen-bond donors (Lipinski definition) is 2. The maximum Gasteiger partial charge on any atom is 0.224 e. The largest absolute Gasteiger partial charge is 0.358 e. The van der Waals surface area contributed by atoms with Crippen LogP contribution in [0.5, 0.6) is 0 Å². The third-order valence-electron chi connectivity index (χ3n) is 5.13. The molecule has 1 amide bonds. The van der Waals surface area contributed by atoms with Gasteiger partial charge in [-0.15, -0.1) is 0 Å². The molecule has 2 N–H and O–H groups in total. The highest BCUT2D eigenvalue weighted by Gasteiger charge is 2.24. The van der Waals surface area contributed by atoms with Crippen molar-refractivity contribution in [3.8, 4) is 0 Å². The molecule has 0 saturated carbocycles. The topological polar surface area (TPSA) is 44.9 Å². The Kier molecular flexibility index (Phi) is 4.04. The molecule has 1 unspecified atom stereocenters. The molecule has 1 aliphatic rings. The van der Waals surface area contributed by atoms with Gasteiger partial charge in [-0.05, 0) is 61.1 Å². The molecule has 4 rings (SSSR count). The Morgan fingerprint density at radius 2 is 2.12 bits per heavy atom. The average molecular weight is 336 g/mol. The van der Waals surface area contributed by atoms with E-state index in [0.717, 1.165) is 41.3 Å². The van der Waals surface area contributed by atoms with Crippen LogP contribution in [0.25, 0.3) is 10.9 Å². The van der Waals surface area contributed by atoms with Gasteiger partial charge in [0.2, 0.25) is 5.91 Å². The lowest BCUT2D eigenvalue weighted by Crippen LogP contribution is -2.39. The van der Waals surface area contributed by atoms with E-state index in [1.165, 1.54) is 17.3 Å². The molecule has 3 aromatic rings. The van der Waals surface area contributed by atoms with E-state index in [0.29, 0.717) is 6.42 Å². The van der Waals surface area contributed by atoms with E-state index in [-0.39, 0.29) is 17.8 Å². The van der Waals surface area contributed by atoms with E-state index in [2.05, 4.69) is 10.3 Å². The predicted molar refractivity (Wildman–Crippen MR) is 97.1 cm³/mol. The van der Waals surface area contributed by atoms with Crippen LogP contribution in [-0.2, 0) is 24.1 Å². The van der Waals surface area contributed by atoms with Gasteiger partial charge in [0.05, 0.1) is 6.42 Å². The number of H-pyrrole nitrogens is 1. The fourth-order valence-corrected chi connectivity index (χ4v) is 3.78. The Morgan fingerprint density at radius 1 is 1.28 bits per heavy atom. The Bertz CT molecular complexity index is 944. The molecule has 2 aromatic carbocycles. The quantitative estimate of drug-likeness (QED) is 0.750. The zero-order chi connectivity index (χ0) is 17.4. The van der Waals surface area contributed by atoms with Crippen molar-refractivity contribution in [1.29, 1.82) is 0 Å². The molecule has 0 radical (unpaired) electrons. The third kappa shape index (κ3) is 3.16. The van der Waals surface area contributed by atoms with Crippen LogP contribution in [0.3, 0.4) is 0 Å². The summed E-state index contributed by atoms with van der Waals surface area (Å²) in [7, 11) is 0. The van der Waals surface area contributed by atoms with Crippen LogP contribution in [0.1, 0.15) is 28.8 Å². The molecule has 1 heterocycles. The van der Waals surface area contributed by atoms with Gasteiger partial charge >= 0.3 is 0 Å². The van der Waals surface area contributed by atoms with Gasteiger partial charge < -0.3 is 10.3 Å². The molecule has 1 aromatic heterocycles. The SMILES string of the molecule is Cc1ccccc1CC(=O)NC1CCc2[nH]c3cc(F)ccc3c2C1. The van der Waals surface area contributed by atoms with Crippen LogP contribution in [-0.4, -0.2) is 16.9 Å². The van der Waals surface area contributed by atoms with Gasteiger partial charge in [0.1, 0.15) is 5.82 Å². The van der Waals surface area contributed by atoms with E-state index in [1.54, 1.807) is 6.07 Å². The summed E-state index contributed by atoms with van der Waals surface area (Å²) in [6.45, 7) is 2.03. The first-order valence-electron chi connectivity index (χ1n) is 8.73. The van der Waals surface area contributed by atoms with Crippen LogP contribution < -0.4 is 5.32 Å². The molecule has 1 aliphatic carbocycles. The van der Waals surface area contributed by atoms with Crippen molar-refractivity contribution in [2.24, 2.45) is 0 Å². The fourth-order valence-electron chi connectivity index (χ4n) is 3.78. The summed E-state index contributed by atoms with van der Waals surface area (Å²) in [6.07, 6.45) is 2.98. The number of fused-ring (bicyclic) bond motifs is 3. The van der Waals surface area contributed by atoms with Crippen LogP contribution in [0.4, 0.5) is 4.39 Å². The highest BCUT2D eigenvalue weighted by Crippen LogP contribution is 2.29. The number of benzene rings is 2. The van der Waals surface area contributed by atoms with Gasteiger partial charge in [0.25, 0.3) is 0 Å². The molecule has 1 atom stereocenters. The molecule has 0 saturated heterocycles. The second-order valence-corrected chi connectivity index (χ2v) is 6.88. The highest BCUT2D eigenvalue weighted by molar-refractivity contribution is 5.85. The molecule has 0 fully saturated rings. The lowest BCUT2D eigenvalue weighted by Gasteiger charge is -2.24. The van der Waals surface area contributed by atoms with Crippen molar-refractivity contribution in [3.05, 3.63) is 70.7 Å². The van der Waals surface area contributed by atoms with Crippen molar-refractivity contribution >= 4 is 16.8 Å². The van der Waals surface area contributed by atoms with E-state index >= 15 is 0 Å². The third-order valence-corrected chi connectivity index (χ3v) is 5.13. The first-order valence-corrected chi connectivity index (χ1v) is 8.73. The van der Waals surface area contributed by atoms with Gasteiger partial charge in [-0.25, -0.2) is 4.39 Å². The second-order valence-electron chi connectivity index (χ2n) is 6.88. The van der Waals surface area contributed by atoms with E-state index in [9.17, 15) is 9.18 Å². The van der Waals surface area contributed by atoms with Crippen molar-refractivity contribution in [2.45, 2.75) is 38.6 Å². The predicted octanol–water partition coefficient (Wildman–Crippen LogP) is 3.83. The number of aromatic amines is 1. The van der Waals surface area contributed by atoms with Crippen molar-refractivity contribution in [3.63, 3.8) is 0 Å². The standard InChI is InChI=1S/C21H21FN2O/c1-13-4-2-3-5-14(13)10-21(25)23-16-7-9-19-18(12-16)17-8-6-15(22)11-20(17)24-19/h2-6,8,11,16,24H,7,9-10,12H2,1H3,(H,23,25). The molecule has 128 valence electrons. The molecule has 4 heteroatoms. The fraction of sp³-hybridized carbons (Fsp3) is 0.286. The lowest BCUT2D eigenvalue weighted by molar-refractivity contribution is -0.121. The maximum absolute atomic E-state index is 13.4. The van der Waals surface area contributed by atoms with E-state index in [4.69, 9.17) is 0 Å². The Hall–Kier alpha value is -2.62. The summed E-state index contributed by atoms with van der Waals surface area (Å²) in [5.41, 5.74) is 5.44. The summed E-state index contributed by atoms with van der Waals surface area (Å²) < 4.78 is 13.4. The Labute approximate surface area is 146 Å². The number of carbonyl (C=O) groups excluding carboxylic acids is 1. The van der Waals surface area contributed by atoms with E-state index in [1.807, 2.05) is 37.3 Å². The number of nitrogens with one attached hydrogen (secondary N) is 2. The zero-order valence-corrected chi connectivity index (χ0v) is 14.2. The second kappa shape index (κ2) is 6.36. The minimum atomic E-state index is -0.228. The minimum absolute atomic E-state index is 0.0636. The number of carbonyl (C=O) groups is 1. The smallest absolute Gasteiger partial charge is 0.224 e. The molecular formula is C21H21FN2O. The zero-order valence-electron chi connectivity index (χ0n) is 14.2. The van der Waals surface area contributed by atoms with Crippen LogP contribution >= 0.6 is 0 Å². The van der Waals surface area contributed by atoms with Gasteiger partial charge in [0, 0.05) is 22.6 Å². The summed E-state index contributed by atoms with van der Waals surface area (Å²) >= 11 is 0. The highest BCUT2D eigenvalue weighted by atomic mass is 19.1. The number of hydrogen-bond acceptors (Lipinski definition) is 1. The van der Waals surface area contributed by atoms with Crippen LogP contribution in [0.2, 0.25) is 0 Å². The molecule has 0 spiro atoms. The minimum Gasteiger partial charge on any atom is -0.358 e. The maximum atomic E-state index is 13.4. The summed E-state index contributed by atoms with van der Waals surface area (Å²) in [4.78, 5) is 15.7. The number of aryl methyl sites for hydroxylation is 2. The Balaban J connectivity index is 1.48. The molecule has 25 heavy (non-hydrogen) atoms. The summed E-state index contributed by atoms with van der Waals surface area (Å²) in [5.74, 6) is -0.164. The number of amides is 1. The summed E-state index contributed by atoms with van der Waals surface area (Å²) in [6, 6.07) is 13.0. The van der Waals surface area contributed by atoms with Crippen molar-refractivity contribution < 1.29 is 9.18 Å². The monoisotopic (exact) mass is 336 g/mol.